The number of aliphatic hydroxyl groups is 7. The Morgan fingerprint density at radius 3 is 1.37 bits per heavy atom. The number of hydrogen-bond acceptors (Lipinski definition) is 15. The van der Waals surface area contributed by atoms with E-state index in [0.29, 0.717) is 19.3 Å². The summed E-state index contributed by atoms with van der Waals surface area (Å²) in [5.41, 5.74) is 0. The predicted octanol–water partition coefficient (Wildman–Crippen LogP) is 7.15. The fourth-order valence-corrected chi connectivity index (χ4v) is 7.12. The van der Waals surface area contributed by atoms with Crippen molar-refractivity contribution in [1.29, 1.82) is 0 Å². The molecule has 0 saturated carbocycles. The third-order valence-electron chi connectivity index (χ3n) is 11.2. The number of hydrogen-bond donors (Lipinski definition) is 7. The summed E-state index contributed by atoms with van der Waals surface area (Å²) in [6.07, 6.45) is 35.5. The molecule has 0 aliphatic carbocycles. The van der Waals surface area contributed by atoms with Crippen molar-refractivity contribution in [1.82, 2.24) is 0 Å². The number of rotatable bonds is 37. The molecule has 0 amide bonds. The van der Waals surface area contributed by atoms with Crippen LogP contribution >= 0.6 is 0 Å². The zero-order valence-electron chi connectivity index (χ0n) is 41.7. The van der Waals surface area contributed by atoms with Gasteiger partial charge in [-0.2, -0.15) is 0 Å². The van der Waals surface area contributed by atoms with Crippen LogP contribution in [0.3, 0.4) is 0 Å². The number of aliphatic hydroxyl groups excluding tert-OH is 7. The second-order valence-corrected chi connectivity index (χ2v) is 17.2. The first-order valence-electron chi connectivity index (χ1n) is 25.5. The van der Waals surface area contributed by atoms with Crippen molar-refractivity contribution in [3.05, 3.63) is 109 Å². The molecular formula is C55H86O15. The van der Waals surface area contributed by atoms with Crippen LogP contribution in [0.2, 0.25) is 0 Å². The van der Waals surface area contributed by atoms with Gasteiger partial charge in [-0.25, -0.2) is 0 Å². The molecule has 0 radical (unpaired) electrons. The number of ether oxygens (including phenoxy) is 6. The minimum atomic E-state index is -1.79. The fraction of sp³-hybridized carbons (Fsp3) is 0.636. The normalized spacial score (nSPS) is 26.3. The SMILES string of the molecule is CC/C=C\C/C=C\C/C=C\C/C=C\C/C=C\CCCC(=O)OC(COC(=O)CCCCCC/C=C\C/C=C\C/C=C\C/C=C\CC)COC1OC(COC2OC(CO)C(O)C(O)C2O)C(O)C(O)C1O. The van der Waals surface area contributed by atoms with Crippen molar-refractivity contribution in [2.45, 2.75) is 197 Å². The lowest BCUT2D eigenvalue weighted by atomic mass is 9.98. The van der Waals surface area contributed by atoms with Crippen LogP contribution in [0.5, 0.6) is 0 Å². The molecular weight excluding hydrogens is 901 g/mol. The maximum absolute atomic E-state index is 13.0. The zero-order chi connectivity index (χ0) is 51.0. The second-order valence-electron chi connectivity index (χ2n) is 17.2. The van der Waals surface area contributed by atoms with Gasteiger partial charge in [0.15, 0.2) is 18.7 Å². The molecule has 2 saturated heterocycles. The van der Waals surface area contributed by atoms with E-state index in [1.807, 2.05) is 12.2 Å². The Labute approximate surface area is 417 Å². The smallest absolute Gasteiger partial charge is 0.306 e. The van der Waals surface area contributed by atoms with Gasteiger partial charge >= 0.3 is 11.9 Å². The number of esters is 2. The largest absolute Gasteiger partial charge is 0.462 e. The van der Waals surface area contributed by atoms with Crippen molar-refractivity contribution in [2.75, 3.05) is 26.4 Å². The Bertz CT molecular complexity index is 1630. The van der Waals surface area contributed by atoms with E-state index in [-0.39, 0.29) is 19.4 Å². The standard InChI is InChI=1S/C55H86O15/c1-3-5-7-9-11-13-15-17-19-21-23-25-27-29-31-33-35-37-46(57)65-40-43(68-47(58)38-36-34-32-30-28-26-24-22-20-18-16-14-12-10-8-6-4-2)41-66-54-53(64)51(62)49(60)45(70-54)42-67-55-52(63)50(61)48(59)44(39-56)69-55/h5-8,11-14,17-20,23-26,30,32,43-45,48-56,59-64H,3-4,9-10,15-16,21-22,27-29,31,33-42H2,1-2H3/b7-5-,8-6-,13-11-,14-12-,19-17-,20-18-,25-23-,26-24-,32-30-. The molecule has 2 rings (SSSR count). The molecule has 2 fully saturated rings. The van der Waals surface area contributed by atoms with E-state index in [4.69, 9.17) is 28.4 Å². The predicted molar refractivity (Wildman–Crippen MR) is 270 cm³/mol. The molecule has 15 nitrogen and oxygen atoms in total. The summed E-state index contributed by atoms with van der Waals surface area (Å²) < 4.78 is 33.5. The van der Waals surface area contributed by atoms with Gasteiger partial charge in [0.2, 0.25) is 0 Å². The van der Waals surface area contributed by atoms with Gasteiger partial charge < -0.3 is 64.2 Å². The van der Waals surface area contributed by atoms with Crippen molar-refractivity contribution in [2.24, 2.45) is 0 Å². The van der Waals surface area contributed by atoms with E-state index >= 15 is 0 Å². The molecule has 0 aromatic heterocycles. The number of unbranched alkanes of at least 4 members (excludes halogenated alkanes) is 5. The maximum Gasteiger partial charge on any atom is 0.306 e. The first-order chi connectivity index (χ1) is 34.0. The third-order valence-corrected chi connectivity index (χ3v) is 11.2. The highest BCUT2D eigenvalue weighted by Crippen LogP contribution is 2.26. The number of allylic oxidation sites excluding steroid dienone is 18. The average Bonchev–Trinajstić information content (AvgIpc) is 3.35. The molecule has 0 spiro atoms. The molecule has 2 aliphatic heterocycles. The second kappa shape index (κ2) is 40.7. The Balaban J connectivity index is 1.86. The summed E-state index contributed by atoms with van der Waals surface area (Å²) in [6, 6.07) is 0. The Morgan fingerprint density at radius 2 is 0.871 bits per heavy atom. The Hall–Kier alpha value is -3.84. The Kier molecular flexibility index (Phi) is 36.2. The van der Waals surface area contributed by atoms with Gasteiger partial charge in [-0.15, -0.1) is 0 Å². The summed E-state index contributed by atoms with van der Waals surface area (Å²) in [7, 11) is 0. The zero-order valence-corrected chi connectivity index (χ0v) is 41.7. The number of carbonyl (C=O) groups is 2. The molecule has 2 heterocycles. The molecule has 11 unspecified atom stereocenters. The summed E-state index contributed by atoms with van der Waals surface area (Å²) in [6.45, 7) is 2.24. The third kappa shape index (κ3) is 28.3. The van der Waals surface area contributed by atoms with Gasteiger partial charge in [0.05, 0.1) is 19.8 Å². The lowest BCUT2D eigenvalue weighted by Crippen LogP contribution is -2.61. The average molecular weight is 987 g/mol. The topological polar surface area (TPSA) is 231 Å². The van der Waals surface area contributed by atoms with E-state index in [2.05, 4.69) is 111 Å². The highest BCUT2D eigenvalue weighted by molar-refractivity contribution is 5.70. The van der Waals surface area contributed by atoms with Gasteiger partial charge in [0, 0.05) is 12.8 Å². The van der Waals surface area contributed by atoms with Crippen LogP contribution in [0, 0.1) is 0 Å². The number of carbonyl (C=O) groups excluding carboxylic acids is 2. The quantitative estimate of drug-likeness (QED) is 0.0186. The summed E-state index contributed by atoms with van der Waals surface area (Å²) in [4.78, 5) is 25.8. The molecule has 0 bridgehead atoms. The van der Waals surface area contributed by atoms with Gasteiger partial charge in [-0.1, -0.05) is 136 Å². The molecule has 0 aromatic carbocycles. The van der Waals surface area contributed by atoms with Crippen LogP contribution in [-0.2, 0) is 38.0 Å². The van der Waals surface area contributed by atoms with Crippen LogP contribution in [0.4, 0.5) is 0 Å². The van der Waals surface area contributed by atoms with Crippen molar-refractivity contribution < 1.29 is 73.8 Å². The van der Waals surface area contributed by atoms with Gasteiger partial charge in [-0.05, 0) is 89.9 Å². The van der Waals surface area contributed by atoms with Crippen LogP contribution in [0.15, 0.2) is 109 Å². The Morgan fingerprint density at radius 1 is 0.457 bits per heavy atom. The molecule has 15 heteroatoms. The fourth-order valence-electron chi connectivity index (χ4n) is 7.12. The lowest BCUT2D eigenvalue weighted by molar-refractivity contribution is -0.332. The monoisotopic (exact) mass is 987 g/mol. The molecule has 0 aromatic rings. The summed E-state index contributed by atoms with van der Waals surface area (Å²) in [5, 5.41) is 72.1. The molecule has 396 valence electrons. The minimum absolute atomic E-state index is 0.0739. The van der Waals surface area contributed by atoms with E-state index in [9.17, 15) is 45.3 Å². The van der Waals surface area contributed by atoms with Crippen molar-refractivity contribution >= 4 is 11.9 Å². The van der Waals surface area contributed by atoms with E-state index in [0.717, 1.165) is 83.5 Å². The molecule has 70 heavy (non-hydrogen) atoms. The van der Waals surface area contributed by atoms with Crippen LogP contribution in [0.1, 0.15) is 129 Å². The lowest BCUT2D eigenvalue weighted by Gasteiger charge is -2.42. The van der Waals surface area contributed by atoms with Crippen molar-refractivity contribution in [3.63, 3.8) is 0 Å². The van der Waals surface area contributed by atoms with Crippen LogP contribution in [-0.4, -0.2) is 142 Å². The maximum atomic E-state index is 13.0. The van der Waals surface area contributed by atoms with Crippen molar-refractivity contribution in [3.8, 4) is 0 Å². The van der Waals surface area contributed by atoms with E-state index in [1.54, 1.807) is 0 Å². The van der Waals surface area contributed by atoms with E-state index < -0.39 is 99.3 Å². The highest BCUT2D eigenvalue weighted by Gasteiger charge is 2.47. The van der Waals surface area contributed by atoms with Gasteiger partial charge in [0.1, 0.15) is 55.4 Å². The first kappa shape index (κ1) is 62.3. The molecule has 11 atom stereocenters. The first-order valence-corrected chi connectivity index (χ1v) is 25.5. The van der Waals surface area contributed by atoms with Crippen LogP contribution in [0.25, 0.3) is 0 Å². The van der Waals surface area contributed by atoms with Gasteiger partial charge in [0.25, 0.3) is 0 Å². The summed E-state index contributed by atoms with van der Waals surface area (Å²) >= 11 is 0. The highest BCUT2D eigenvalue weighted by atomic mass is 16.7. The molecule has 7 N–H and O–H groups in total. The summed E-state index contributed by atoms with van der Waals surface area (Å²) in [5.74, 6) is -1.03. The van der Waals surface area contributed by atoms with Crippen LogP contribution < -0.4 is 0 Å². The van der Waals surface area contributed by atoms with E-state index in [1.165, 1.54) is 0 Å². The van der Waals surface area contributed by atoms with Gasteiger partial charge in [-0.3, -0.25) is 9.59 Å². The molecule has 2 aliphatic rings. The minimum Gasteiger partial charge on any atom is -0.462 e.